The summed E-state index contributed by atoms with van der Waals surface area (Å²) < 4.78 is 0. The monoisotopic (exact) mass is 504 g/mol. The van der Waals surface area contributed by atoms with Crippen molar-refractivity contribution in [3.63, 3.8) is 0 Å². The normalized spacial score (nSPS) is 17.8. The molecule has 0 heteroatoms. The number of hydrogen-bond acceptors (Lipinski definition) is 0. The third kappa shape index (κ3) is 2.36. The smallest absolute Gasteiger partial charge is 0.0444 e. The first-order chi connectivity index (χ1) is 19.8. The van der Waals surface area contributed by atoms with Crippen molar-refractivity contribution >= 4 is 43.1 Å². The van der Waals surface area contributed by atoms with Gasteiger partial charge >= 0.3 is 0 Å². The minimum Gasteiger partial charge on any atom is -0.0830 e. The van der Waals surface area contributed by atoms with E-state index in [-0.39, 0.29) is 5.41 Å². The van der Waals surface area contributed by atoms with Crippen molar-refractivity contribution in [2.24, 2.45) is 0 Å². The van der Waals surface area contributed by atoms with Gasteiger partial charge in [0.25, 0.3) is 0 Å². The van der Waals surface area contributed by atoms with Crippen LogP contribution in [-0.2, 0) is 5.41 Å². The fourth-order valence-electron chi connectivity index (χ4n) is 8.21. The zero-order valence-corrected chi connectivity index (χ0v) is 21.9. The lowest BCUT2D eigenvalue weighted by Crippen LogP contribution is -2.30. The predicted molar refractivity (Wildman–Crippen MR) is 170 cm³/mol. The van der Waals surface area contributed by atoms with Crippen LogP contribution >= 0.6 is 0 Å². The molecule has 0 saturated carbocycles. The van der Waals surface area contributed by atoms with Crippen molar-refractivity contribution in [2.75, 3.05) is 0 Å². The molecule has 1 spiro atoms. The fraction of sp³-hybridized carbons (Fsp3) is 0.0500. The highest BCUT2D eigenvalue weighted by Gasteiger charge is 2.43. The summed E-state index contributed by atoms with van der Waals surface area (Å²) in [6.45, 7) is 0. The van der Waals surface area contributed by atoms with Crippen LogP contribution in [0.15, 0.2) is 133 Å². The number of allylic oxidation sites excluding steroid dienone is 4. The topological polar surface area (TPSA) is 0 Å². The van der Waals surface area contributed by atoms with Gasteiger partial charge in [0.1, 0.15) is 0 Å². The standard InChI is InChI=1S/C40H24/c1-8-20-40(21-9-1)38-28-14-6-3-11-25(28)17-19-31(38)33-23-32-30-18-16-24-10-2-5-13-27(24)35(30)36(32)34-22-26-12-4-7-15-29(26)39(40)37(33)34/h1-20,22-23H,21H2. The first-order valence-corrected chi connectivity index (χ1v) is 14.3. The Hall–Kier alpha value is -4.94. The molecule has 0 nitrogen and oxygen atoms in total. The molecule has 10 rings (SSSR count). The van der Waals surface area contributed by atoms with Gasteiger partial charge in [0, 0.05) is 5.41 Å². The average Bonchev–Trinajstić information content (AvgIpc) is 3.00. The van der Waals surface area contributed by atoms with E-state index < -0.39 is 0 Å². The van der Waals surface area contributed by atoms with E-state index in [1.165, 1.54) is 87.6 Å². The van der Waals surface area contributed by atoms with Crippen LogP contribution in [0.5, 0.6) is 0 Å². The third-order valence-electron chi connectivity index (χ3n) is 9.79. The van der Waals surface area contributed by atoms with Crippen LogP contribution in [0.25, 0.3) is 76.5 Å². The summed E-state index contributed by atoms with van der Waals surface area (Å²) in [7, 11) is 0. The molecule has 0 heterocycles. The molecule has 3 aliphatic carbocycles. The van der Waals surface area contributed by atoms with Gasteiger partial charge in [-0.15, -0.1) is 0 Å². The molecule has 7 aromatic rings. The molecule has 1 unspecified atom stereocenters. The molecule has 3 aliphatic rings. The summed E-state index contributed by atoms with van der Waals surface area (Å²) in [6, 6.07) is 41.2. The van der Waals surface area contributed by atoms with E-state index in [2.05, 4.69) is 133 Å². The van der Waals surface area contributed by atoms with E-state index >= 15 is 0 Å². The Morgan fingerprint density at radius 1 is 0.450 bits per heavy atom. The molecule has 0 aliphatic heterocycles. The summed E-state index contributed by atoms with van der Waals surface area (Å²) in [5, 5.41) is 10.9. The molecular formula is C40H24. The van der Waals surface area contributed by atoms with E-state index in [1.807, 2.05) is 0 Å². The van der Waals surface area contributed by atoms with Crippen LogP contribution in [-0.4, -0.2) is 0 Å². The van der Waals surface area contributed by atoms with Gasteiger partial charge in [-0.1, -0.05) is 121 Å². The number of benzene rings is 7. The highest BCUT2D eigenvalue weighted by Crippen LogP contribution is 2.62. The van der Waals surface area contributed by atoms with Crippen LogP contribution < -0.4 is 0 Å². The Morgan fingerprint density at radius 2 is 1.10 bits per heavy atom. The molecule has 0 radical (unpaired) electrons. The highest BCUT2D eigenvalue weighted by molar-refractivity contribution is 6.28. The highest BCUT2D eigenvalue weighted by atomic mass is 14.4. The first-order valence-electron chi connectivity index (χ1n) is 14.3. The Balaban J connectivity index is 1.47. The second-order valence-electron chi connectivity index (χ2n) is 11.6. The van der Waals surface area contributed by atoms with Gasteiger partial charge in [-0.25, -0.2) is 0 Å². The van der Waals surface area contributed by atoms with Crippen LogP contribution in [0.4, 0.5) is 0 Å². The van der Waals surface area contributed by atoms with Gasteiger partial charge in [0.2, 0.25) is 0 Å². The lowest BCUT2D eigenvalue weighted by Gasteiger charge is -2.42. The average molecular weight is 505 g/mol. The van der Waals surface area contributed by atoms with E-state index in [9.17, 15) is 0 Å². The van der Waals surface area contributed by atoms with E-state index in [0.29, 0.717) is 0 Å². The van der Waals surface area contributed by atoms with Gasteiger partial charge in [-0.2, -0.15) is 0 Å². The minimum absolute atomic E-state index is 0.226. The van der Waals surface area contributed by atoms with Gasteiger partial charge in [0.05, 0.1) is 0 Å². The maximum Gasteiger partial charge on any atom is 0.0444 e. The number of rotatable bonds is 0. The predicted octanol–water partition coefficient (Wildman–Crippen LogP) is 10.7. The molecule has 0 saturated heterocycles. The Bertz CT molecular complexity index is 2350. The largest absolute Gasteiger partial charge is 0.0830 e. The molecule has 0 bridgehead atoms. The van der Waals surface area contributed by atoms with Crippen LogP contribution in [0, 0.1) is 0 Å². The van der Waals surface area contributed by atoms with Crippen LogP contribution in [0.2, 0.25) is 0 Å². The van der Waals surface area contributed by atoms with Crippen molar-refractivity contribution in [2.45, 2.75) is 11.8 Å². The summed E-state index contributed by atoms with van der Waals surface area (Å²) >= 11 is 0. The molecule has 184 valence electrons. The fourth-order valence-corrected chi connectivity index (χ4v) is 8.21. The molecule has 0 fully saturated rings. The lowest BCUT2D eigenvalue weighted by molar-refractivity contribution is 0.663. The molecule has 0 amide bonds. The van der Waals surface area contributed by atoms with Gasteiger partial charge < -0.3 is 0 Å². The molecule has 40 heavy (non-hydrogen) atoms. The van der Waals surface area contributed by atoms with Crippen molar-refractivity contribution in [3.05, 3.63) is 145 Å². The molecule has 1 atom stereocenters. The summed E-state index contributed by atoms with van der Waals surface area (Å²) in [4.78, 5) is 0. The Kier molecular flexibility index (Phi) is 3.76. The third-order valence-corrected chi connectivity index (χ3v) is 9.79. The SMILES string of the molecule is C1=CCC2(C=C1)c1c(ccc3ccccc13)-c1cc3c(c4cc5ccccc5c2c14)-c1c-3ccc2ccccc12. The van der Waals surface area contributed by atoms with Crippen molar-refractivity contribution in [1.29, 1.82) is 0 Å². The lowest BCUT2D eigenvalue weighted by atomic mass is 9.60. The van der Waals surface area contributed by atoms with Gasteiger partial charge in [0.15, 0.2) is 0 Å². The van der Waals surface area contributed by atoms with Crippen LogP contribution in [0.1, 0.15) is 17.5 Å². The van der Waals surface area contributed by atoms with Crippen molar-refractivity contribution in [3.8, 4) is 33.4 Å². The van der Waals surface area contributed by atoms with Gasteiger partial charge in [-0.05, 0) is 106 Å². The second kappa shape index (κ2) is 7.17. The number of hydrogen-bond donors (Lipinski definition) is 0. The quantitative estimate of drug-likeness (QED) is 0.180. The zero-order chi connectivity index (χ0) is 26.0. The van der Waals surface area contributed by atoms with E-state index in [0.717, 1.165) is 6.42 Å². The van der Waals surface area contributed by atoms with Gasteiger partial charge in [-0.3, -0.25) is 0 Å². The van der Waals surface area contributed by atoms with E-state index in [1.54, 1.807) is 0 Å². The van der Waals surface area contributed by atoms with Crippen molar-refractivity contribution in [1.82, 2.24) is 0 Å². The van der Waals surface area contributed by atoms with Crippen LogP contribution in [0.3, 0.4) is 0 Å². The zero-order valence-electron chi connectivity index (χ0n) is 21.9. The Labute approximate surface area is 232 Å². The minimum atomic E-state index is -0.226. The number of fused-ring (bicyclic) bond motifs is 15. The van der Waals surface area contributed by atoms with E-state index in [4.69, 9.17) is 0 Å². The summed E-state index contributed by atoms with van der Waals surface area (Å²) in [5.41, 5.74) is 11.1. The Morgan fingerprint density at radius 3 is 1.88 bits per heavy atom. The molecular weight excluding hydrogens is 480 g/mol. The molecule has 0 aromatic heterocycles. The summed E-state index contributed by atoms with van der Waals surface area (Å²) in [5.74, 6) is 0. The maximum absolute atomic E-state index is 2.51. The molecule has 0 N–H and O–H groups in total. The first kappa shape index (κ1) is 21.0. The van der Waals surface area contributed by atoms with Crippen molar-refractivity contribution < 1.29 is 0 Å². The molecule has 7 aromatic carbocycles. The summed E-state index contributed by atoms with van der Waals surface area (Å²) in [6.07, 6.45) is 10.3. The maximum atomic E-state index is 2.51. The second-order valence-corrected chi connectivity index (χ2v) is 11.6.